The summed E-state index contributed by atoms with van der Waals surface area (Å²) in [5, 5.41) is 3.80. The van der Waals surface area contributed by atoms with Crippen molar-refractivity contribution in [2.75, 3.05) is 24.5 Å². The van der Waals surface area contributed by atoms with E-state index < -0.39 is 0 Å². The lowest BCUT2D eigenvalue weighted by Gasteiger charge is -2.24. The van der Waals surface area contributed by atoms with Gasteiger partial charge in [-0.1, -0.05) is 0 Å². The second kappa shape index (κ2) is 6.53. The van der Waals surface area contributed by atoms with E-state index in [1.54, 1.807) is 6.20 Å². The molecule has 1 atom stereocenters. The Morgan fingerprint density at radius 3 is 2.79 bits per heavy atom. The number of fused-ring (bicyclic) bond motifs is 2. The molecule has 1 saturated heterocycles. The lowest BCUT2D eigenvalue weighted by Crippen LogP contribution is -2.40. The van der Waals surface area contributed by atoms with Gasteiger partial charge in [-0.05, 0) is 49.1 Å². The van der Waals surface area contributed by atoms with Gasteiger partial charge < -0.3 is 9.80 Å². The minimum Gasteiger partial charge on any atom is -0.337 e. The molecule has 0 bridgehead atoms. The van der Waals surface area contributed by atoms with E-state index in [9.17, 15) is 9.59 Å². The number of thiophene rings is 2. The fraction of sp³-hybridized carbons (Fsp3) is 0.286. The lowest BCUT2D eigenvalue weighted by molar-refractivity contribution is 0.0789. The molecule has 2 aliphatic heterocycles. The molecule has 5 heterocycles. The Morgan fingerprint density at radius 2 is 2.04 bits per heavy atom. The monoisotopic (exact) mass is 409 g/mol. The topological polar surface area (TPSA) is 53.5 Å². The summed E-state index contributed by atoms with van der Waals surface area (Å²) in [5.74, 6) is 0.0844. The average Bonchev–Trinajstić information content (AvgIpc) is 3.49. The summed E-state index contributed by atoms with van der Waals surface area (Å²) in [4.78, 5) is 36.4. The molecule has 142 valence electrons. The number of aryl methyl sites for hydroxylation is 1. The molecule has 28 heavy (non-hydrogen) atoms. The molecule has 1 fully saturated rings. The molecule has 0 N–H and O–H groups in total. The summed E-state index contributed by atoms with van der Waals surface area (Å²) in [6.07, 6.45) is 2.60. The maximum Gasteiger partial charge on any atom is 0.263 e. The minimum atomic E-state index is -0.287. The fourth-order valence-electron chi connectivity index (χ4n) is 4.28. The summed E-state index contributed by atoms with van der Waals surface area (Å²) in [6.45, 7) is 3.87. The molecule has 3 aromatic rings. The Hall–Kier alpha value is -2.51. The smallest absolute Gasteiger partial charge is 0.263 e. The van der Waals surface area contributed by atoms with Crippen molar-refractivity contribution in [1.82, 2.24) is 9.88 Å². The van der Waals surface area contributed by atoms with Gasteiger partial charge in [-0.15, -0.1) is 11.3 Å². The number of amides is 2. The van der Waals surface area contributed by atoms with E-state index >= 15 is 0 Å². The van der Waals surface area contributed by atoms with Crippen molar-refractivity contribution in [2.24, 2.45) is 0 Å². The number of hydrogen-bond acceptors (Lipinski definition) is 5. The molecule has 0 aromatic carbocycles. The fourth-order valence-corrected chi connectivity index (χ4v) is 5.75. The normalized spacial score (nSPS) is 20.8. The molecular weight excluding hydrogens is 390 g/mol. The van der Waals surface area contributed by atoms with Gasteiger partial charge in [0.25, 0.3) is 11.8 Å². The molecule has 0 radical (unpaired) electrons. The third kappa shape index (κ3) is 2.69. The summed E-state index contributed by atoms with van der Waals surface area (Å²) in [7, 11) is 0. The first-order valence-corrected chi connectivity index (χ1v) is 11.0. The zero-order valence-corrected chi connectivity index (χ0v) is 17.1. The number of carbonyl (C=O) groups is 2. The maximum atomic E-state index is 13.1. The van der Waals surface area contributed by atoms with Crippen molar-refractivity contribution in [1.29, 1.82) is 0 Å². The highest BCUT2D eigenvalue weighted by Gasteiger charge is 2.51. The first-order chi connectivity index (χ1) is 13.6. The number of likely N-dealkylation sites (tertiary alicyclic amines) is 1. The van der Waals surface area contributed by atoms with Gasteiger partial charge in [-0.2, -0.15) is 11.3 Å². The molecule has 7 heteroatoms. The largest absolute Gasteiger partial charge is 0.337 e. The van der Waals surface area contributed by atoms with Crippen molar-refractivity contribution < 1.29 is 9.59 Å². The van der Waals surface area contributed by atoms with Crippen LogP contribution in [0.2, 0.25) is 0 Å². The van der Waals surface area contributed by atoms with Crippen LogP contribution in [-0.4, -0.2) is 41.3 Å². The molecule has 5 nitrogen and oxygen atoms in total. The van der Waals surface area contributed by atoms with E-state index in [0.29, 0.717) is 25.2 Å². The number of rotatable bonds is 2. The van der Waals surface area contributed by atoms with E-state index in [2.05, 4.69) is 4.98 Å². The van der Waals surface area contributed by atoms with Crippen molar-refractivity contribution in [3.8, 4) is 0 Å². The van der Waals surface area contributed by atoms with Gasteiger partial charge in [-0.25, -0.2) is 0 Å². The van der Waals surface area contributed by atoms with Gasteiger partial charge in [0.15, 0.2) is 0 Å². The van der Waals surface area contributed by atoms with E-state index in [-0.39, 0.29) is 17.2 Å². The van der Waals surface area contributed by atoms with Crippen molar-refractivity contribution >= 4 is 40.2 Å². The van der Waals surface area contributed by atoms with Gasteiger partial charge in [0.05, 0.1) is 27.2 Å². The summed E-state index contributed by atoms with van der Waals surface area (Å²) in [5.41, 5.74) is 2.23. The highest BCUT2D eigenvalue weighted by molar-refractivity contribution is 7.13. The van der Waals surface area contributed by atoms with Crippen molar-refractivity contribution in [3.05, 3.63) is 68.3 Å². The Morgan fingerprint density at radius 1 is 1.14 bits per heavy atom. The lowest BCUT2D eigenvalue weighted by atomic mass is 9.85. The molecule has 2 amide bonds. The Kier molecular flexibility index (Phi) is 4.10. The van der Waals surface area contributed by atoms with Gasteiger partial charge in [0, 0.05) is 36.1 Å². The predicted molar refractivity (Wildman–Crippen MR) is 111 cm³/mol. The second-order valence-electron chi connectivity index (χ2n) is 7.44. The van der Waals surface area contributed by atoms with Gasteiger partial charge in [-0.3, -0.25) is 14.6 Å². The van der Waals surface area contributed by atoms with Crippen LogP contribution in [0, 0.1) is 6.92 Å². The third-order valence-corrected chi connectivity index (χ3v) is 7.32. The Bertz CT molecular complexity index is 1060. The molecule has 0 aliphatic carbocycles. The van der Waals surface area contributed by atoms with E-state index in [4.69, 9.17) is 0 Å². The van der Waals surface area contributed by atoms with E-state index in [0.717, 1.165) is 27.6 Å². The number of anilines is 1. The number of pyridine rings is 1. The van der Waals surface area contributed by atoms with Crippen LogP contribution in [0.1, 0.15) is 37.0 Å². The maximum absolute atomic E-state index is 13.1. The Labute approximate surface area is 171 Å². The number of hydrogen-bond donors (Lipinski definition) is 0. The SMILES string of the molecule is Cc1ccc(C(=O)N2CC[C@]3(C2)CN(C(=O)c2ccsc2)c2cccnc23)s1. The first-order valence-electron chi connectivity index (χ1n) is 9.23. The van der Waals surface area contributed by atoms with Crippen LogP contribution in [0.25, 0.3) is 0 Å². The molecule has 5 rings (SSSR count). The summed E-state index contributed by atoms with van der Waals surface area (Å²) >= 11 is 3.05. The summed E-state index contributed by atoms with van der Waals surface area (Å²) < 4.78 is 0. The van der Waals surface area contributed by atoms with Crippen LogP contribution in [-0.2, 0) is 5.41 Å². The standard InChI is InChI=1S/C21H19N3O2S2/c1-14-4-5-17(28-14)20(26)23-9-7-21(12-23)13-24(16-3-2-8-22-18(16)21)19(25)15-6-10-27-11-15/h2-6,8,10-11H,7,9,12-13H2,1H3/t21-/m0/s1. The number of carbonyl (C=O) groups excluding carboxylic acids is 2. The number of aromatic nitrogens is 1. The van der Waals surface area contributed by atoms with Gasteiger partial charge >= 0.3 is 0 Å². The van der Waals surface area contributed by atoms with Gasteiger partial charge in [0.1, 0.15) is 0 Å². The van der Waals surface area contributed by atoms with Crippen LogP contribution in [0.5, 0.6) is 0 Å². The second-order valence-corrected chi connectivity index (χ2v) is 9.51. The third-order valence-electron chi connectivity index (χ3n) is 5.65. The minimum absolute atomic E-state index is 0.00559. The zero-order valence-electron chi connectivity index (χ0n) is 15.4. The van der Waals surface area contributed by atoms with Crippen molar-refractivity contribution in [2.45, 2.75) is 18.8 Å². The zero-order chi connectivity index (χ0) is 19.3. The molecule has 0 unspecified atom stereocenters. The number of nitrogens with zero attached hydrogens (tertiary/aromatic N) is 3. The van der Waals surface area contributed by atoms with E-state index in [1.165, 1.54) is 22.7 Å². The molecule has 3 aromatic heterocycles. The molecular formula is C21H19N3O2S2. The quantitative estimate of drug-likeness (QED) is 0.644. The molecule has 2 aliphatic rings. The van der Waals surface area contributed by atoms with Crippen LogP contribution >= 0.6 is 22.7 Å². The van der Waals surface area contributed by atoms with Crippen LogP contribution in [0.15, 0.2) is 47.3 Å². The van der Waals surface area contributed by atoms with Crippen LogP contribution in [0.4, 0.5) is 5.69 Å². The highest BCUT2D eigenvalue weighted by atomic mass is 32.1. The first kappa shape index (κ1) is 17.6. The predicted octanol–water partition coefficient (Wildman–Crippen LogP) is 3.96. The molecule has 0 saturated carbocycles. The van der Waals surface area contributed by atoms with E-state index in [1.807, 2.05) is 57.8 Å². The van der Waals surface area contributed by atoms with Crippen LogP contribution in [0.3, 0.4) is 0 Å². The highest BCUT2D eigenvalue weighted by Crippen LogP contribution is 2.46. The Balaban J connectivity index is 1.46. The molecule has 1 spiro atoms. The van der Waals surface area contributed by atoms with Crippen LogP contribution < -0.4 is 4.90 Å². The average molecular weight is 410 g/mol. The summed E-state index contributed by atoms with van der Waals surface area (Å²) in [6, 6.07) is 9.59. The van der Waals surface area contributed by atoms with Crippen molar-refractivity contribution in [3.63, 3.8) is 0 Å². The van der Waals surface area contributed by atoms with Gasteiger partial charge in [0.2, 0.25) is 0 Å².